The molecule has 2 N–H and O–H groups in total. The maximum absolute atomic E-state index is 13.2. The third-order valence-corrected chi connectivity index (χ3v) is 3.67. The van der Waals surface area contributed by atoms with Gasteiger partial charge in [0.15, 0.2) is 0 Å². The van der Waals surface area contributed by atoms with Gasteiger partial charge < -0.3 is 10.3 Å². The second-order valence-electron chi connectivity index (χ2n) is 5.37. The number of rotatable bonds is 3. The summed E-state index contributed by atoms with van der Waals surface area (Å²) in [7, 11) is 0. The van der Waals surface area contributed by atoms with Gasteiger partial charge in [-0.15, -0.1) is 0 Å². The molecule has 0 bridgehead atoms. The smallest absolute Gasteiger partial charge is 0.268 e. The molecule has 0 atom stereocenters. The van der Waals surface area contributed by atoms with Crippen LogP contribution in [0.3, 0.4) is 0 Å². The molecule has 0 aliphatic carbocycles. The van der Waals surface area contributed by atoms with Crippen LogP contribution in [0.1, 0.15) is 21.6 Å². The Morgan fingerprint density at radius 2 is 1.96 bits per heavy atom. The molecule has 2 aromatic carbocycles. The van der Waals surface area contributed by atoms with Crippen LogP contribution in [0.25, 0.3) is 10.8 Å². The fraction of sp³-hybridized carbons (Fsp3) is 0.111. The lowest BCUT2D eigenvalue weighted by atomic mass is 10.1. The molecule has 0 saturated heterocycles. The highest BCUT2D eigenvalue weighted by atomic mass is 19.1. The molecule has 0 fully saturated rings. The van der Waals surface area contributed by atoms with Crippen LogP contribution >= 0.6 is 0 Å². The molecule has 23 heavy (non-hydrogen) atoms. The average molecular weight is 310 g/mol. The predicted molar refractivity (Wildman–Crippen MR) is 86.9 cm³/mol. The zero-order valence-electron chi connectivity index (χ0n) is 12.5. The van der Waals surface area contributed by atoms with Gasteiger partial charge in [0.2, 0.25) is 0 Å². The zero-order chi connectivity index (χ0) is 16.4. The van der Waals surface area contributed by atoms with E-state index < -0.39 is 0 Å². The van der Waals surface area contributed by atoms with Crippen molar-refractivity contribution in [3.63, 3.8) is 0 Å². The summed E-state index contributed by atoms with van der Waals surface area (Å²) in [5.74, 6) is -0.659. The maximum atomic E-state index is 13.2. The molecule has 3 aromatic rings. The van der Waals surface area contributed by atoms with Gasteiger partial charge in [-0.1, -0.05) is 30.3 Å². The third-order valence-electron chi connectivity index (χ3n) is 3.67. The lowest BCUT2D eigenvalue weighted by molar-refractivity contribution is 0.0946. The Morgan fingerprint density at radius 3 is 2.74 bits per heavy atom. The van der Waals surface area contributed by atoms with Crippen molar-refractivity contribution in [2.24, 2.45) is 0 Å². The molecule has 1 amide bonds. The van der Waals surface area contributed by atoms with Crippen LogP contribution in [-0.2, 0) is 6.54 Å². The number of benzene rings is 2. The van der Waals surface area contributed by atoms with Crippen LogP contribution < -0.4 is 10.9 Å². The Morgan fingerprint density at radius 1 is 1.17 bits per heavy atom. The number of nitrogens with one attached hydrogen (secondary N) is 2. The molecule has 0 saturated carbocycles. The molecule has 5 heteroatoms. The normalized spacial score (nSPS) is 10.7. The topological polar surface area (TPSA) is 62.0 Å². The Bertz CT molecular complexity index is 947. The average Bonchev–Trinajstić information content (AvgIpc) is 2.55. The van der Waals surface area contributed by atoms with Crippen LogP contribution in [-0.4, -0.2) is 10.9 Å². The molecule has 0 aliphatic rings. The molecule has 0 aliphatic heterocycles. The first-order chi connectivity index (χ1) is 11.0. The molecule has 0 radical (unpaired) electrons. The summed E-state index contributed by atoms with van der Waals surface area (Å²) in [5, 5.41) is 3.97. The minimum absolute atomic E-state index is 0.201. The van der Waals surface area contributed by atoms with E-state index in [1.54, 1.807) is 43.3 Å². The van der Waals surface area contributed by atoms with E-state index in [1.807, 2.05) is 6.07 Å². The highest BCUT2D eigenvalue weighted by Crippen LogP contribution is 2.11. The van der Waals surface area contributed by atoms with Crippen LogP contribution in [0.4, 0.5) is 4.39 Å². The first-order valence-corrected chi connectivity index (χ1v) is 7.20. The number of hydrogen-bond acceptors (Lipinski definition) is 2. The van der Waals surface area contributed by atoms with E-state index in [2.05, 4.69) is 10.3 Å². The van der Waals surface area contributed by atoms with Crippen LogP contribution in [0.5, 0.6) is 0 Å². The molecule has 0 unspecified atom stereocenters. The summed E-state index contributed by atoms with van der Waals surface area (Å²) in [6.07, 6.45) is 0. The monoisotopic (exact) mass is 310 g/mol. The quantitative estimate of drug-likeness (QED) is 0.781. The second kappa shape index (κ2) is 6.04. The van der Waals surface area contributed by atoms with Gasteiger partial charge in [0.25, 0.3) is 11.5 Å². The fourth-order valence-corrected chi connectivity index (χ4v) is 2.43. The van der Waals surface area contributed by atoms with Crippen molar-refractivity contribution in [3.05, 3.63) is 81.5 Å². The summed E-state index contributed by atoms with van der Waals surface area (Å²) in [6.45, 7) is 1.93. The second-order valence-corrected chi connectivity index (χ2v) is 5.37. The molecular formula is C18H15FN2O2. The number of pyridine rings is 1. The minimum Gasteiger partial charge on any atom is -0.347 e. The van der Waals surface area contributed by atoms with Crippen LogP contribution in [0.15, 0.2) is 53.3 Å². The van der Waals surface area contributed by atoms with Crippen molar-refractivity contribution in [1.82, 2.24) is 10.3 Å². The Balaban J connectivity index is 1.80. The lowest BCUT2D eigenvalue weighted by Crippen LogP contribution is -2.26. The van der Waals surface area contributed by atoms with E-state index in [0.717, 1.165) is 5.56 Å². The van der Waals surface area contributed by atoms with Crippen molar-refractivity contribution in [2.45, 2.75) is 13.5 Å². The first-order valence-electron chi connectivity index (χ1n) is 7.20. The van der Waals surface area contributed by atoms with E-state index >= 15 is 0 Å². The number of amides is 1. The summed E-state index contributed by atoms with van der Waals surface area (Å²) in [5.41, 5.74) is 1.22. The first kappa shape index (κ1) is 15.0. The summed E-state index contributed by atoms with van der Waals surface area (Å²) >= 11 is 0. The van der Waals surface area contributed by atoms with E-state index in [0.29, 0.717) is 16.3 Å². The van der Waals surface area contributed by atoms with Crippen molar-refractivity contribution < 1.29 is 9.18 Å². The largest absolute Gasteiger partial charge is 0.347 e. The highest BCUT2D eigenvalue weighted by molar-refractivity contribution is 5.96. The molecule has 1 heterocycles. The minimum atomic E-state index is -0.380. The molecule has 3 rings (SSSR count). The van der Waals surface area contributed by atoms with Crippen molar-refractivity contribution in [1.29, 1.82) is 0 Å². The maximum Gasteiger partial charge on any atom is 0.268 e. The Labute approximate surface area is 132 Å². The van der Waals surface area contributed by atoms with E-state index in [4.69, 9.17) is 0 Å². The SMILES string of the molecule is Cc1cc(CNC(=O)c2cc3ccccc3c(=O)[nH]2)ccc1F. The summed E-state index contributed by atoms with van der Waals surface area (Å²) in [4.78, 5) is 26.8. The molecule has 1 aromatic heterocycles. The lowest BCUT2D eigenvalue weighted by Gasteiger charge is -2.07. The molecular weight excluding hydrogens is 295 g/mol. The number of aromatic amines is 1. The number of H-pyrrole nitrogens is 1. The third kappa shape index (κ3) is 3.13. The number of hydrogen-bond donors (Lipinski definition) is 2. The van der Waals surface area contributed by atoms with Gasteiger partial charge in [-0.3, -0.25) is 9.59 Å². The number of aromatic nitrogens is 1. The zero-order valence-corrected chi connectivity index (χ0v) is 12.5. The number of carbonyl (C=O) groups excluding carboxylic acids is 1. The van der Waals surface area contributed by atoms with Crippen LogP contribution in [0, 0.1) is 12.7 Å². The van der Waals surface area contributed by atoms with Gasteiger partial charge in [0, 0.05) is 11.9 Å². The number of aryl methyl sites for hydroxylation is 1. The van der Waals surface area contributed by atoms with Gasteiger partial charge >= 0.3 is 0 Å². The van der Waals surface area contributed by atoms with Crippen LogP contribution in [0.2, 0.25) is 0 Å². The van der Waals surface area contributed by atoms with Gasteiger partial charge in [-0.2, -0.15) is 0 Å². The predicted octanol–water partition coefficient (Wildman–Crippen LogP) is 2.91. The number of fused-ring (bicyclic) bond motifs is 1. The highest BCUT2D eigenvalue weighted by Gasteiger charge is 2.09. The van der Waals surface area contributed by atoms with Gasteiger partial charge in [0.05, 0.1) is 0 Å². The van der Waals surface area contributed by atoms with E-state index in [9.17, 15) is 14.0 Å². The van der Waals surface area contributed by atoms with Gasteiger partial charge in [0.1, 0.15) is 11.5 Å². The van der Waals surface area contributed by atoms with Crippen molar-refractivity contribution >= 4 is 16.7 Å². The van der Waals surface area contributed by atoms with Gasteiger partial charge in [-0.25, -0.2) is 4.39 Å². The number of halogens is 1. The standard InChI is InChI=1S/C18H15FN2O2/c1-11-8-12(6-7-15(11)19)10-20-18(23)16-9-13-4-2-3-5-14(13)17(22)21-16/h2-9H,10H2,1H3,(H,20,23)(H,21,22). The Hall–Kier alpha value is -2.95. The Kier molecular flexibility index (Phi) is 3.93. The van der Waals surface area contributed by atoms with E-state index in [-0.39, 0.29) is 29.5 Å². The summed E-state index contributed by atoms with van der Waals surface area (Å²) in [6, 6.07) is 13.4. The fourth-order valence-electron chi connectivity index (χ4n) is 2.43. The molecule has 0 spiro atoms. The van der Waals surface area contributed by atoms with E-state index in [1.165, 1.54) is 6.07 Å². The summed E-state index contributed by atoms with van der Waals surface area (Å²) < 4.78 is 13.2. The molecule has 4 nitrogen and oxygen atoms in total. The number of carbonyl (C=O) groups is 1. The van der Waals surface area contributed by atoms with Crippen molar-refractivity contribution in [3.8, 4) is 0 Å². The van der Waals surface area contributed by atoms with Crippen molar-refractivity contribution in [2.75, 3.05) is 0 Å². The van der Waals surface area contributed by atoms with Gasteiger partial charge in [-0.05, 0) is 41.6 Å². The molecule has 116 valence electrons.